The molecule has 0 saturated heterocycles. The van der Waals surface area contributed by atoms with E-state index in [1.165, 1.54) is 0 Å². The van der Waals surface area contributed by atoms with Crippen LogP contribution in [0.25, 0.3) is 0 Å². The molecule has 1 aromatic rings. The normalized spacial score (nSPS) is 12.1. The molecular weight excluding hydrogens is 231 g/mol. The van der Waals surface area contributed by atoms with Crippen LogP contribution in [0.3, 0.4) is 0 Å². The fraction of sp³-hybridized carbons (Fsp3) is 0.333. The molecule has 86 valence electrons. The molecule has 15 heavy (non-hydrogen) atoms. The van der Waals surface area contributed by atoms with Gasteiger partial charge in [0.25, 0.3) is 0 Å². The Morgan fingerprint density at radius 1 is 1.20 bits per heavy atom. The van der Waals surface area contributed by atoms with Gasteiger partial charge in [-0.15, -0.1) is 12.4 Å². The molecule has 0 fully saturated rings. The molecule has 0 radical (unpaired) electrons. The minimum atomic E-state index is -1.51. The van der Waals surface area contributed by atoms with E-state index >= 15 is 0 Å². The van der Waals surface area contributed by atoms with Crippen molar-refractivity contribution in [3.63, 3.8) is 0 Å². The van der Waals surface area contributed by atoms with E-state index in [1.54, 1.807) is 0 Å². The first-order valence-corrected chi connectivity index (χ1v) is 4.07. The lowest BCUT2D eigenvalue weighted by Crippen LogP contribution is -2.13. The van der Waals surface area contributed by atoms with Crippen LogP contribution in [0, 0.1) is 17.5 Å². The molecule has 0 aliphatic rings. The van der Waals surface area contributed by atoms with E-state index < -0.39 is 23.5 Å². The molecule has 0 amide bonds. The monoisotopic (exact) mass is 241 g/mol. The van der Waals surface area contributed by atoms with Crippen LogP contribution >= 0.6 is 12.4 Å². The molecule has 1 aromatic carbocycles. The molecule has 0 aliphatic heterocycles. The molecule has 2 nitrogen and oxygen atoms in total. The fourth-order valence-electron chi connectivity index (χ4n) is 1.09. The number of halogens is 4. The summed E-state index contributed by atoms with van der Waals surface area (Å²) in [5, 5.41) is 8.55. The van der Waals surface area contributed by atoms with E-state index in [9.17, 15) is 13.2 Å². The van der Waals surface area contributed by atoms with Crippen molar-refractivity contribution in [2.45, 2.75) is 12.5 Å². The third-order valence-corrected chi connectivity index (χ3v) is 1.87. The lowest BCUT2D eigenvalue weighted by molar-refractivity contribution is 0.276. The summed E-state index contributed by atoms with van der Waals surface area (Å²) in [5.41, 5.74) is 5.61. The number of hydrogen-bond acceptors (Lipinski definition) is 2. The molecule has 0 unspecified atom stereocenters. The molecule has 0 aromatic heterocycles. The zero-order valence-electron chi connectivity index (χ0n) is 7.71. The second kappa shape index (κ2) is 5.95. The van der Waals surface area contributed by atoms with Crippen LogP contribution in [0.5, 0.6) is 0 Å². The van der Waals surface area contributed by atoms with Crippen LogP contribution in [0.2, 0.25) is 0 Å². The Morgan fingerprint density at radius 3 is 2.07 bits per heavy atom. The molecule has 1 atom stereocenters. The molecule has 0 saturated carbocycles. The number of hydrogen-bond donors (Lipinski definition) is 2. The summed E-state index contributed by atoms with van der Waals surface area (Å²) in [5.74, 6) is -4.05. The van der Waals surface area contributed by atoms with Gasteiger partial charge in [0.1, 0.15) is 0 Å². The summed E-state index contributed by atoms with van der Waals surface area (Å²) in [6.07, 6.45) is 0.171. The topological polar surface area (TPSA) is 46.2 Å². The molecule has 0 spiro atoms. The Morgan fingerprint density at radius 2 is 1.67 bits per heavy atom. The maximum atomic E-state index is 12.7. The lowest BCUT2D eigenvalue weighted by atomic mass is 10.0. The van der Waals surface area contributed by atoms with E-state index in [0.29, 0.717) is 0 Å². The van der Waals surface area contributed by atoms with Gasteiger partial charge in [0, 0.05) is 12.6 Å². The van der Waals surface area contributed by atoms with Gasteiger partial charge in [-0.25, -0.2) is 13.2 Å². The highest BCUT2D eigenvalue weighted by atomic mass is 35.5. The number of aliphatic hydroxyl groups is 1. The molecule has 3 N–H and O–H groups in total. The van der Waals surface area contributed by atoms with Gasteiger partial charge in [-0.2, -0.15) is 0 Å². The van der Waals surface area contributed by atoms with Crippen LogP contribution in [0.4, 0.5) is 13.2 Å². The first kappa shape index (κ1) is 14.2. The van der Waals surface area contributed by atoms with Crippen LogP contribution < -0.4 is 5.73 Å². The maximum Gasteiger partial charge on any atom is 0.194 e. The Balaban J connectivity index is 0.00000196. The third-order valence-electron chi connectivity index (χ3n) is 1.87. The standard InChI is InChI=1S/C9H10F3NO.ClH/c10-6-3-5(8(13)1-2-14)4-7(11)9(6)12;/h3-4,8,14H,1-2,13H2;1H/t8-;/m1./s1. The van der Waals surface area contributed by atoms with Crippen molar-refractivity contribution in [2.75, 3.05) is 6.61 Å². The SMILES string of the molecule is Cl.N[C@H](CCO)c1cc(F)c(F)c(F)c1. The average molecular weight is 242 g/mol. The minimum absolute atomic E-state index is 0. The highest BCUT2D eigenvalue weighted by molar-refractivity contribution is 5.85. The Bertz CT molecular complexity index is 312. The first-order chi connectivity index (χ1) is 6.56. The van der Waals surface area contributed by atoms with E-state index in [4.69, 9.17) is 10.8 Å². The van der Waals surface area contributed by atoms with Gasteiger partial charge < -0.3 is 10.8 Å². The second-order valence-electron chi connectivity index (χ2n) is 2.92. The quantitative estimate of drug-likeness (QED) is 0.794. The van der Waals surface area contributed by atoms with Gasteiger partial charge in [0.05, 0.1) is 0 Å². The van der Waals surface area contributed by atoms with E-state index in [0.717, 1.165) is 12.1 Å². The summed E-state index contributed by atoms with van der Waals surface area (Å²) >= 11 is 0. The largest absolute Gasteiger partial charge is 0.396 e. The summed E-state index contributed by atoms with van der Waals surface area (Å²) in [4.78, 5) is 0. The zero-order chi connectivity index (χ0) is 10.7. The number of aliphatic hydroxyl groups excluding tert-OH is 1. The number of benzene rings is 1. The van der Waals surface area contributed by atoms with E-state index in [-0.39, 0.29) is 31.0 Å². The average Bonchev–Trinajstić information content (AvgIpc) is 2.13. The number of nitrogens with two attached hydrogens (primary N) is 1. The summed E-state index contributed by atoms with van der Waals surface area (Å²) < 4.78 is 37.9. The Hall–Kier alpha value is -0.780. The highest BCUT2D eigenvalue weighted by Gasteiger charge is 2.14. The van der Waals surface area contributed by atoms with Gasteiger partial charge >= 0.3 is 0 Å². The van der Waals surface area contributed by atoms with Gasteiger partial charge in [0.2, 0.25) is 0 Å². The highest BCUT2D eigenvalue weighted by Crippen LogP contribution is 2.19. The molecule has 1 rings (SSSR count). The Labute approximate surface area is 91.3 Å². The smallest absolute Gasteiger partial charge is 0.194 e. The number of rotatable bonds is 3. The van der Waals surface area contributed by atoms with E-state index in [1.807, 2.05) is 0 Å². The molecule has 0 bridgehead atoms. The van der Waals surface area contributed by atoms with Gasteiger partial charge in [0.15, 0.2) is 17.5 Å². The maximum absolute atomic E-state index is 12.7. The van der Waals surface area contributed by atoms with Crippen molar-refractivity contribution in [3.05, 3.63) is 35.1 Å². The van der Waals surface area contributed by atoms with E-state index in [2.05, 4.69) is 0 Å². The molecule has 0 aliphatic carbocycles. The Kier molecular flexibility index (Phi) is 5.64. The predicted molar refractivity (Wildman–Crippen MR) is 52.2 cm³/mol. The van der Waals surface area contributed by atoms with Crippen molar-refractivity contribution in [3.8, 4) is 0 Å². The second-order valence-corrected chi connectivity index (χ2v) is 2.92. The molecular formula is C9H11ClF3NO. The minimum Gasteiger partial charge on any atom is -0.396 e. The lowest BCUT2D eigenvalue weighted by Gasteiger charge is -2.10. The van der Waals surface area contributed by atoms with Crippen LogP contribution in [-0.2, 0) is 0 Å². The molecule has 0 heterocycles. The van der Waals surface area contributed by atoms with Crippen molar-refractivity contribution >= 4 is 12.4 Å². The van der Waals surface area contributed by atoms with Gasteiger partial charge in [-0.3, -0.25) is 0 Å². The van der Waals surface area contributed by atoms with Crippen LogP contribution in [0.1, 0.15) is 18.0 Å². The summed E-state index contributed by atoms with van der Waals surface area (Å²) in [7, 11) is 0. The van der Waals surface area contributed by atoms with Crippen molar-refractivity contribution < 1.29 is 18.3 Å². The van der Waals surface area contributed by atoms with Crippen LogP contribution in [-0.4, -0.2) is 11.7 Å². The first-order valence-electron chi connectivity index (χ1n) is 4.07. The summed E-state index contributed by atoms with van der Waals surface area (Å²) in [6.45, 7) is -0.193. The zero-order valence-corrected chi connectivity index (χ0v) is 8.53. The van der Waals surface area contributed by atoms with Crippen LogP contribution in [0.15, 0.2) is 12.1 Å². The van der Waals surface area contributed by atoms with Crippen molar-refractivity contribution in [1.82, 2.24) is 0 Å². The fourth-order valence-corrected chi connectivity index (χ4v) is 1.09. The summed E-state index contributed by atoms with van der Waals surface area (Å²) in [6, 6.07) is 0.974. The van der Waals surface area contributed by atoms with Gasteiger partial charge in [-0.1, -0.05) is 0 Å². The predicted octanol–water partition coefficient (Wildman–Crippen LogP) is 1.91. The third kappa shape index (κ3) is 3.37. The molecule has 6 heteroatoms. The van der Waals surface area contributed by atoms with Crippen molar-refractivity contribution in [1.29, 1.82) is 0 Å². The van der Waals surface area contributed by atoms with Crippen molar-refractivity contribution in [2.24, 2.45) is 5.73 Å². The van der Waals surface area contributed by atoms with Gasteiger partial charge in [-0.05, 0) is 24.1 Å².